The van der Waals surface area contributed by atoms with Gasteiger partial charge in [0.05, 0.1) is 0 Å². The summed E-state index contributed by atoms with van der Waals surface area (Å²) in [6, 6.07) is 0. The zero-order valence-electron chi connectivity index (χ0n) is 11.0. The van der Waals surface area contributed by atoms with Gasteiger partial charge in [0.15, 0.2) is 0 Å². The van der Waals surface area contributed by atoms with E-state index in [4.69, 9.17) is 0 Å². The maximum Gasteiger partial charge on any atom is -0.0329 e. The van der Waals surface area contributed by atoms with Crippen molar-refractivity contribution in [3.05, 3.63) is 0 Å². The van der Waals surface area contributed by atoms with Crippen LogP contribution in [0.2, 0.25) is 0 Å². The van der Waals surface area contributed by atoms with E-state index >= 15 is 0 Å². The monoisotopic (exact) mass is 208 g/mol. The van der Waals surface area contributed by atoms with Crippen LogP contribution in [0.15, 0.2) is 0 Å². The van der Waals surface area contributed by atoms with Crippen molar-refractivity contribution in [2.45, 2.75) is 59.8 Å². The van der Waals surface area contributed by atoms with Gasteiger partial charge in [-0.2, -0.15) is 0 Å². The van der Waals surface area contributed by atoms with Gasteiger partial charge in [-0.25, -0.2) is 0 Å². The largest absolute Gasteiger partial charge is 0.0654 e. The minimum absolute atomic E-state index is 0.942. The van der Waals surface area contributed by atoms with Crippen LogP contribution in [0.3, 0.4) is 0 Å². The SMILES string of the molecule is CCCCC(C)CC1C2CC2C1C(C)C. The third kappa shape index (κ3) is 2.24. The van der Waals surface area contributed by atoms with E-state index in [0.29, 0.717) is 0 Å². The number of fused-ring (bicyclic) bond motifs is 1. The zero-order valence-corrected chi connectivity index (χ0v) is 11.0. The van der Waals surface area contributed by atoms with E-state index in [1.807, 2.05) is 0 Å². The Hall–Kier alpha value is 0. The van der Waals surface area contributed by atoms with E-state index in [1.54, 1.807) is 6.42 Å². The first-order valence-electron chi connectivity index (χ1n) is 7.15. The lowest BCUT2D eigenvalue weighted by atomic mass is 9.65. The summed E-state index contributed by atoms with van der Waals surface area (Å²) in [5, 5.41) is 0. The molecule has 0 aliphatic heterocycles. The molecule has 2 fully saturated rings. The maximum atomic E-state index is 2.47. The van der Waals surface area contributed by atoms with Crippen LogP contribution in [-0.4, -0.2) is 0 Å². The average Bonchev–Trinajstić information content (AvgIpc) is 2.85. The van der Waals surface area contributed by atoms with Crippen molar-refractivity contribution in [1.29, 1.82) is 0 Å². The van der Waals surface area contributed by atoms with Crippen molar-refractivity contribution < 1.29 is 0 Å². The Morgan fingerprint density at radius 3 is 2.47 bits per heavy atom. The Morgan fingerprint density at radius 1 is 1.13 bits per heavy atom. The van der Waals surface area contributed by atoms with Gasteiger partial charge in [-0.3, -0.25) is 0 Å². The second-order valence-electron chi connectivity index (χ2n) is 6.53. The van der Waals surface area contributed by atoms with Gasteiger partial charge < -0.3 is 0 Å². The molecule has 0 aromatic carbocycles. The van der Waals surface area contributed by atoms with E-state index in [0.717, 1.165) is 29.6 Å². The molecule has 2 saturated carbocycles. The fraction of sp³-hybridized carbons (Fsp3) is 1.00. The summed E-state index contributed by atoms with van der Waals surface area (Å²) in [5.74, 6) is 6.46. The molecule has 2 rings (SSSR count). The summed E-state index contributed by atoms with van der Waals surface area (Å²) >= 11 is 0. The molecule has 0 heterocycles. The molecule has 0 aromatic rings. The molecule has 2 aliphatic rings. The first-order chi connectivity index (χ1) is 7.15. The van der Waals surface area contributed by atoms with E-state index < -0.39 is 0 Å². The van der Waals surface area contributed by atoms with Gasteiger partial charge in [0, 0.05) is 0 Å². The third-order valence-corrected chi connectivity index (χ3v) is 4.92. The summed E-state index contributed by atoms with van der Waals surface area (Å²) in [7, 11) is 0. The molecule has 0 nitrogen and oxygen atoms in total. The minimum atomic E-state index is 0.942. The molecule has 15 heavy (non-hydrogen) atoms. The minimum Gasteiger partial charge on any atom is -0.0654 e. The Bertz CT molecular complexity index is 204. The molecule has 0 radical (unpaired) electrons. The topological polar surface area (TPSA) is 0 Å². The molecule has 0 aromatic heterocycles. The van der Waals surface area contributed by atoms with Crippen LogP contribution in [0.5, 0.6) is 0 Å². The normalized spacial score (nSPS) is 39.8. The van der Waals surface area contributed by atoms with E-state index in [2.05, 4.69) is 27.7 Å². The van der Waals surface area contributed by atoms with Gasteiger partial charge in [-0.1, -0.05) is 47.0 Å². The smallest absolute Gasteiger partial charge is 0.0329 e. The molecule has 0 saturated heterocycles. The highest BCUT2D eigenvalue weighted by Crippen LogP contribution is 2.67. The number of hydrogen-bond acceptors (Lipinski definition) is 0. The highest BCUT2D eigenvalue weighted by molar-refractivity contribution is 5.09. The Balaban J connectivity index is 1.75. The first kappa shape index (κ1) is 11.5. The highest BCUT2D eigenvalue weighted by atomic mass is 14.7. The van der Waals surface area contributed by atoms with Crippen LogP contribution in [0.1, 0.15) is 59.8 Å². The molecule has 88 valence electrons. The summed E-state index contributed by atoms with van der Waals surface area (Å²) < 4.78 is 0. The lowest BCUT2D eigenvalue weighted by molar-refractivity contribution is 0.0789. The van der Waals surface area contributed by atoms with Crippen molar-refractivity contribution in [2.75, 3.05) is 0 Å². The summed E-state index contributed by atoms with van der Waals surface area (Å²) in [6.45, 7) is 9.65. The molecule has 0 heteroatoms. The van der Waals surface area contributed by atoms with E-state index in [1.165, 1.54) is 31.6 Å². The summed E-state index contributed by atoms with van der Waals surface area (Å²) in [6.07, 6.45) is 7.39. The van der Waals surface area contributed by atoms with Crippen molar-refractivity contribution in [3.63, 3.8) is 0 Å². The third-order valence-electron chi connectivity index (χ3n) is 4.92. The molecule has 5 atom stereocenters. The van der Waals surface area contributed by atoms with Crippen molar-refractivity contribution in [2.24, 2.45) is 35.5 Å². The molecule has 5 unspecified atom stereocenters. The van der Waals surface area contributed by atoms with Crippen molar-refractivity contribution in [3.8, 4) is 0 Å². The Morgan fingerprint density at radius 2 is 1.87 bits per heavy atom. The van der Waals surface area contributed by atoms with E-state index in [-0.39, 0.29) is 0 Å². The fourth-order valence-electron chi connectivity index (χ4n) is 4.08. The molecular formula is C15H28. The van der Waals surface area contributed by atoms with Crippen molar-refractivity contribution >= 4 is 0 Å². The first-order valence-corrected chi connectivity index (χ1v) is 7.15. The number of hydrogen-bond donors (Lipinski definition) is 0. The van der Waals surface area contributed by atoms with Gasteiger partial charge in [-0.15, -0.1) is 0 Å². The Labute approximate surface area is 95.8 Å². The zero-order chi connectivity index (χ0) is 11.0. The lowest BCUT2D eigenvalue weighted by Crippen LogP contribution is -2.34. The van der Waals surface area contributed by atoms with Crippen LogP contribution < -0.4 is 0 Å². The standard InChI is InChI=1S/C15H28/c1-5-6-7-11(4)8-13-12-9-14(12)15(13)10(2)3/h10-15H,5-9H2,1-4H3. The molecular weight excluding hydrogens is 180 g/mol. The second kappa shape index (κ2) is 4.47. The maximum absolute atomic E-state index is 2.47. The molecule has 0 spiro atoms. The van der Waals surface area contributed by atoms with Crippen LogP contribution in [0.25, 0.3) is 0 Å². The van der Waals surface area contributed by atoms with Crippen LogP contribution in [0.4, 0.5) is 0 Å². The van der Waals surface area contributed by atoms with E-state index in [9.17, 15) is 0 Å². The van der Waals surface area contributed by atoms with Crippen LogP contribution >= 0.6 is 0 Å². The molecule has 0 N–H and O–H groups in total. The number of rotatable bonds is 6. The van der Waals surface area contributed by atoms with Gasteiger partial charge in [0.25, 0.3) is 0 Å². The van der Waals surface area contributed by atoms with Crippen LogP contribution in [-0.2, 0) is 0 Å². The lowest BCUT2D eigenvalue weighted by Gasteiger charge is -2.40. The number of unbranched alkanes of at least 4 members (excludes halogenated alkanes) is 1. The Kier molecular flexibility index (Phi) is 3.42. The summed E-state index contributed by atoms with van der Waals surface area (Å²) in [5.41, 5.74) is 0. The van der Waals surface area contributed by atoms with Gasteiger partial charge in [0.1, 0.15) is 0 Å². The average molecular weight is 208 g/mol. The quantitative estimate of drug-likeness (QED) is 0.591. The predicted molar refractivity (Wildman–Crippen MR) is 66.7 cm³/mol. The van der Waals surface area contributed by atoms with Gasteiger partial charge in [-0.05, 0) is 48.3 Å². The predicted octanol–water partition coefficient (Wildman–Crippen LogP) is 4.74. The highest BCUT2D eigenvalue weighted by Gasteiger charge is 2.61. The summed E-state index contributed by atoms with van der Waals surface area (Å²) in [4.78, 5) is 0. The molecule has 2 aliphatic carbocycles. The second-order valence-corrected chi connectivity index (χ2v) is 6.53. The van der Waals surface area contributed by atoms with Gasteiger partial charge in [0.2, 0.25) is 0 Å². The molecule has 0 bridgehead atoms. The van der Waals surface area contributed by atoms with Crippen molar-refractivity contribution in [1.82, 2.24) is 0 Å². The van der Waals surface area contributed by atoms with Crippen LogP contribution in [0, 0.1) is 35.5 Å². The molecule has 0 amide bonds. The van der Waals surface area contributed by atoms with Gasteiger partial charge >= 0.3 is 0 Å². The fourth-order valence-corrected chi connectivity index (χ4v) is 4.08.